The first-order valence-corrected chi connectivity index (χ1v) is 7.55. The first-order valence-electron chi connectivity index (χ1n) is 7.55. The van der Waals surface area contributed by atoms with Gasteiger partial charge in [0.25, 0.3) is 0 Å². The molecule has 0 saturated heterocycles. The van der Waals surface area contributed by atoms with E-state index in [0.717, 1.165) is 11.1 Å². The average molecular weight is 314 g/mol. The van der Waals surface area contributed by atoms with Crippen LogP contribution in [0.4, 0.5) is 0 Å². The molecule has 0 heterocycles. The highest BCUT2D eigenvalue weighted by atomic mass is 16.5. The predicted molar refractivity (Wildman–Crippen MR) is 89.2 cm³/mol. The summed E-state index contributed by atoms with van der Waals surface area (Å²) in [5.74, 6) is 0.327. The van der Waals surface area contributed by atoms with Gasteiger partial charge in [0.15, 0.2) is 0 Å². The number of rotatable bonds is 5. The van der Waals surface area contributed by atoms with Gasteiger partial charge in [-0.3, -0.25) is 0 Å². The Bertz CT molecular complexity index is 687. The molecule has 122 valence electrons. The van der Waals surface area contributed by atoms with Crippen molar-refractivity contribution in [1.29, 1.82) is 0 Å². The lowest BCUT2D eigenvalue weighted by atomic mass is 9.77. The van der Waals surface area contributed by atoms with Gasteiger partial charge in [-0.15, -0.1) is 0 Å². The maximum atomic E-state index is 12.0. The van der Waals surface area contributed by atoms with Gasteiger partial charge < -0.3 is 14.6 Å². The number of carbonyl (C=O) groups is 1. The molecule has 2 aromatic carbocycles. The quantitative estimate of drug-likeness (QED) is 0.850. The van der Waals surface area contributed by atoms with Crippen molar-refractivity contribution in [2.75, 3.05) is 13.7 Å². The summed E-state index contributed by atoms with van der Waals surface area (Å²) in [6, 6.07) is 12.6. The number of ether oxygens (including phenoxy) is 2. The first-order chi connectivity index (χ1) is 10.9. The molecule has 23 heavy (non-hydrogen) atoms. The standard InChI is InChI=1S/C19H22O4/c1-5-23-17-11-8-14(12-16(17)18(21)22-4)19(2,3)13-6-9-15(20)10-7-13/h6-12,20H,5H2,1-4H3. The van der Waals surface area contributed by atoms with Crippen LogP contribution in [0.25, 0.3) is 0 Å². The van der Waals surface area contributed by atoms with Crippen molar-refractivity contribution < 1.29 is 19.4 Å². The average Bonchev–Trinajstić information content (AvgIpc) is 2.55. The first kappa shape index (κ1) is 16.9. The fourth-order valence-electron chi connectivity index (χ4n) is 2.51. The van der Waals surface area contributed by atoms with E-state index in [1.807, 2.05) is 31.2 Å². The second-order valence-electron chi connectivity index (χ2n) is 5.81. The van der Waals surface area contributed by atoms with Gasteiger partial charge in [-0.1, -0.05) is 32.0 Å². The van der Waals surface area contributed by atoms with E-state index in [1.165, 1.54) is 7.11 Å². The molecule has 0 aliphatic heterocycles. The number of carbonyl (C=O) groups excluding carboxylic acids is 1. The van der Waals surface area contributed by atoms with E-state index in [4.69, 9.17) is 9.47 Å². The van der Waals surface area contributed by atoms with E-state index >= 15 is 0 Å². The second-order valence-corrected chi connectivity index (χ2v) is 5.81. The molecule has 0 unspecified atom stereocenters. The number of phenols is 1. The van der Waals surface area contributed by atoms with Gasteiger partial charge in [-0.2, -0.15) is 0 Å². The minimum atomic E-state index is -0.420. The van der Waals surface area contributed by atoms with Crippen LogP contribution in [0.1, 0.15) is 42.3 Å². The lowest BCUT2D eigenvalue weighted by Crippen LogP contribution is -2.20. The highest BCUT2D eigenvalue weighted by Gasteiger charge is 2.25. The zero-order chi connectivity index (χ0) is 17.0. The van der Waals surface area contributed by atoms with Crippen LogP contribution in [0.15, 0.2) is 42.5 Å². The highest BCUT2D eigenvalue weighted by Crippen LogP contribution is 2.35. The molecule has 4 nitrogen and oxygen atoms in total. The predicted octanol–water partition coefficient (Wildman–Crippen LogP) is 3.90. The summed E-state index contributed by atoms with van der Waals surface area (Å²) in [6.45, 7) is 6.48. The van der Waals surface area contributed by atoms with Crippen LogP contribution in [0.2, 0.25) is 0 Å². The summed E-state index contributed by atoms with van der Waals surface area (Å²) in [7, 11) is 1.36. The Morgan fingerprint density at radius 2 is 1.70 bits per heavy atom. The van der Waals surface area contributed by atoms with Crippen LogP contribution in [-0.4, -0.2) is 24.8 Å². The molecule has 4 heteroatoms. The summed E-state index contributed by atoms with van der Waals surface area (Å²) in [5, 5.41) is 9.46. The molecule has 0 bridgehead atoms. The Morgan fingerprint density at radius 3 is 2.26 bits per heavy atom. The third-order valence-electron chi connectivity index (χ3n) is 4.00. The number of hydrogen-bond donors (Lipinski definition) is 1. The third-order valence-corrected chi connectivity index (χ3v) is 4.00. The molecule has 0 aliphatic carbocycles. The molecule has 2 aromatic rings. The Kier molecular flexibility index (Phi) is 4.94. The van der Waals surface area contributed by atoms with Gasteiger partial charge in [0.2, 0.25) is 0 Å². The van der Waals surface area contributed by atoms with Crippen molar-refractivity contribution in [2.24, 2.45) is 0 Å². The van der Waals surface area contributed by atoms with Crippen LogP contribution in [0.5, 0.6) is 11.5 Å². The monoisotopic (exact) mass is 314 g/mol. The maximum Gasteiger partial charge on any atom is 0.341 e. The van der Waals surface area contributed by atoms with E-state index in [-0.39, 0.29) is 11.2 Å². The molecule has 2 rings (SSSR count). The Labute approximate surface area is 136 Å². The Hall–Kier alpha value is -2.49. The minimum Gasteiger partial charge on any atom is -0.508 e. The summed E-state index contributed by atoms with van der Waals surface area (Å²) in [5.41, 5.74) is 2.09. The minimum absolute atomic E-state index is 0.228. The van der Waals surface area contributed by atoms with Crippen LogP contribution in [0, 0.1) is 0 Å². The van der Waals surface area contributed by atoms with Crippen molar-refractivity contribution in [2.45, 2.75) is 26.2 Å². The van der Waals surface area contributed by atoms with E-state index in [9.17, 15) is 9.90 Å². The smallest absolute Gasteiger partial charge is 0.341 e. The molecule has 0 saturated carbocycles. The van der Waals surface area contributed by atoms with Crippen LogP contribution < -0.4 is 4.74 Å². The highest BCUT2D eigenvalue weighted by molar-refractivity contribution is 5.92. The van der Waals surface area contributed by atoms with E-state index in [2.05, 4.69) is 13.8 Å². The second kappa shape index (κ2) is 6.73. The van der Waals surface area contributed by atoms with Gasteiger partial charge in [-0.05, 0) is 42.3 Å². The van der Waals surface area contributed by atoms with Gasteiger partial charge in [-0.25, -0.2) is 4.79 Å². The fraction of sp³-hybridized carbons (Fsp3) is 0.316. The number of benzene rings is 2. The molecular formula is C19H22O4. The van der Waals surface area contributed by atoms with Crippen molar-refractivity contribution in [3.05, 3.63) is 59.2 Å². The molecule has 0 aromatic heterocycles. The molecule has 0 spiro atoms. The summed E-state index contributed by atoms with van der Waals surface area (Å²) in [6.07, 6.45) is 0. The third kappa shape index (κ3) is 3.47. The van der Waals surface area contributed by atoms with Crippen molar-refractivity contribution in [3.8, 4) is 11.5 Å². The normalized spacial score (nSPS) is 11.1. The van der Waals surface area contributed by atoms with Crippen LogP contribution in [-0.2, 0) is 10.2 Å². The zero-order valence-electron chi connectivity index (χ0n) is 13.9. The number of phenolic OH excluding ortho intramolecular Hbond substituents is 1. The lowest BCUT2D eigenvalue weighted by molar-refractivity contribution is 0.0596. The zero-order valence-corrected chi connectivity index (χ0v) is 13.9. The summed E-state index contributed by atoms with van der Waals surface area (Å²) < 4.78 is 10.4. The molecule has 0 amide bonds. The SMILES string of the molecule is CCOc1ccc(C(C)(C)c2ccc(O)cc2)cc1C(=O)OC. The Morgan fingerprint density at radius 1 is 1.09 bits per heavy atom. The largest absolute Gasteiger partial charge is 0.508 e. The van der Waals surface area contributed by atoms with Crippen LogP contribution in [0.3, 0.4) is 0 Å². The Balaban J connectivity index is 2.49. The van der Waals surface area contributed by atoms with Gasteiger partial charge in [0, 0.05) is 5.41 Å². The topological polar surface area (TPSA) is 55.8 Å². The lowest BCUT2D eigenvalue weighted by Gasteiger charge is -2.27. The number of esters is 1. The molecule has 0 fully saturated rings. The number of methoxy groups -OCH3 is 1. The van der Waals surface area contributed by atoms with Crippen molar-refractivity contribution >= 4 is 5.97 Å². The van der Waals surface area contributed by atoms with E-state index < -0.39 is 5.97 Å². The molecule has 0 aliphatic rings. The van der Waals surface area contributed by atoms with Gasteiger partial charge in [0.05, 0.1) is 13.7 Å². The molecule has 0 atom stereocenters. The van der Waals surface area contributed by atoms with Gasteiger partial charge in [0.1, 0.15) is 17.1 Å². The maximum absolute atomic E-state index is 12.0. The summed E-state index contributed by atoms with van der Waals surface area (Å²) in [4.78, 5) is 12.0. The number of hydrogen-bond acceptors (Lipinski definition) is 4. The van der Waals surface area contributed by atoms with E-state index in [1.54, 1.807) is 18.2 Å². The molecule has 1 N–H and O–H groups in total. The van der Waals surface area contributed by atoms with Crippen molar-refractivity contribution in [1.82, 2.24) is 0 Å². The van der Waals surface area contributed by atoms with Gasteiger partial charge >= 0.3 is 5.97 Å². The van der Waals surface area contributed by atoms with E-state index in [0.29, 0.717) is 17.9 Å². The number of aromatic hydroxyl groups is 1. The van der Waals surface area contributed by atoms with Crippen LogP contribution >= 0.6 is 0 Å². The summed E-state index contributed by atoms with van der Waals surface area (Å²) >= 11 is 0. The molecular weight excluding hydrogens is 292 g/mol. The fourth-order valence-corrected chi connectivity index (χ4v) is 2.51. The van der Waals surface area contributed by atoms with Crippen molar-refractivity contribution in [3.63, 3.8) is 0 Å². The molecule has 0 radical (unpaired) electrons.